The monoisotopic (exact) mass is 311 g/mol. The van der Waals surface area contributed by atoms with Crippen LogP contribution in [0.2, 0.25) is 5.02 Å². The van der Waals surface area contributed by atoms with E-state index in [1.165, 1.54) is 14.2 Å². The minimum Gasteiger partial charge on any atom is -0.493 e. The summed E-state index contributed by atoms with van der Waals surface area (Å²) in [5.41, 5.74) is 6.52. The second-order valence-corrected chi connectivity index (χ2v) is 5.20. The van der Waals surface area contributed by atoms with Crippen LogP contribution in [-0.4, -0.2) is 30.4 Å². The Hall–Kier alpha value is -1.79. The Bertz CT molecular complexity index is 628. The van der Waals surface area contributed by atoms with Crippen LogP contribution >= 0.6 is 11.6 Å². The van der Waals surface area contributed by atoms with E-state index in [2.05, 4.69) is 10.1 Å². The second kappa shape index (κ2) is 6.32. The number of rotatable bonds is 5. The van der Waals surface area contributed by atoms with E-state index in [0.29, 0.717) is 33.8 Å². The van der Waals surface area contributed by atoms with Gasteiger partial charge in [0.2, 0.25) is 11.7 Å². The molecule has 0 bridgehead atoms. The molecule has 0 fully saturated rings. The standard InChI is InChI=1S/C14H18ClN3O3/c1-7(8(2)16)14-17-13(18-21-14)9-5-10(15)12(20-4)11(6-9)19-3/h5-8H,16H2,1-4H3. The third-order valence-electron chi connectivity index (χ3n) is 3.31. The fourth-order valence-electron chi connectivity index (χ4n) is 1.81. The number of benzene rings is 1. The summed E-state index contributed by atoms with van der Waals surface area (Å²) in [6.07, 6.45) is 0. The van der Waals surface area contributed by atoms with E-state index in [-0.39, 0.29) is 12.0 Å². The number of aromatic nitrogens is 2. The van der Waals surface area contributed by atoms with Gasteiger partial charge in [0.25, 0.3) is 0 Å². The minimum absolute atomic E-state index is 0.0261. The fraction of sp³-hybridized carbons (Fsp3) is 0.429. The van der Waals surface area contributed by atoms with E-state index in [1.807, 2.05) is 13.8 Å². The Labute approximate surface area is 128 Å². The molecule has 1 aromatic heterocycles. The van der Waals surface area contributed by atoms with Gasteiger partial charge in [0.05, 0.1) is 25.2 Å². The maximum atomic E-state index is 6.17. The molecule has 2 N–H and O–H groups in total. The second-order valence-electron chi connectivity index (χ2n) is 4.80. The van der Waals surface area contributed by atoms with Gasteiger partial charge in [0, 0.05) is 11.6 Å². The van der Waals surface area contributed by atoms with E-state index in [0.717, 1.165) is 0 Å². The average Bonchev–Trinajstić information content (AvgIpc) is 2.95. The molecule has 2 aromatic rings. The number of ether oxygens (including phenoxy) is 2. The van der Waals surface area contributed by atoms with Crippen LogP contribution in [0.1, 0.15) is 25.7 Å². The molecule has 114 valence electrons. The van der Waals surface area contributed by atoms with Gasteiger partial charge in [-0.05, 0) is 19.1 Å². The third-order valence-corrected chi connectivity index (χ3v) is 3.59. The van der Waals surface area contributed by atoms with Gasteiger partial charge >= 0.3 is 0 Å². The molecule has 7 heteroatoms. The van der Waals surface area contributed by atoms with Crippen molar-refractivity contribution in [2.75, 3.05) is 14.2 Å². The summed E-state index contributed by atoms with van der Waals surface area (Å²) < 4.78 is 15.7. The van der Waals surface area contributed by atoms with Gasteiger partial charge in [0.15, 0.2) is 11.5 Å². The molecule has 0 amide bonds. The lowest BCUT2D eigenvalue weighted by Crippen LogP contribution is -2.22. The zero-order chi connectivity index (χ0) is 15.6. The molecule has 0 saturated carbocycles. The maximum absolute atomic E-state index is 6.17. The van der Waals surface area contributed by atoms with Gasteiger partial charge in [-0.1, -0.05) is 23.7 Å². The van der Waals surface area contributed by atoms with Crippen molar-refractivity contribution in [2.24, 2.45) is 5.73 Å². The van der Waals surface area contributed by atoms with Crippen molar-refractivity contribution in [3.05, 3.63) is 23.0 Å². The summed E-state index contributed by atoms with van der Waals surface area (Å²) in [4.78, 5) is 4.36. The van der Waals surface area contributed by atoms with Crippen LogP contribution in [-0.2, 0) is 0 Å². The molecule has 6 nitrogen and oxygen atoms in total. The van der Waals surface area contributed by atoms with Gasteiger partial charge in [-0.25, -0.2) is 0 Å². The number of hydrogen-bond donors (Lipinski definition) is 1. The van der Waals surface area contributed by atoms with Crippen molar-refractivity contribution >= 4 is 11.6 Å². The van der Waals surface area contributed by atoms with E-state index in [1.54, 1.807) is 12.1 Å². The van der Waals surface area contributed by atoms with Gasteiger partial charge in [-0.15, -0.1) is 0 Å². The first-order valence-corrected chi connectivity index (χ1v) is 6.86. The van der Waals surface area contributed by atoms with Crippen LogP contribution < -0.4 is 15.2 Å². The van der Waals surface area contributed by atoms with E-state index < -0.39 is 0 Å². The van der Waals surface area contributed by atoms with Crippen LogP contribution in [0, 0.1) is 0 Å². The zero-order valence-electron chi connectivity index (χ0n) is 12.4. The van der Waals surface area contributed by atoms with Gasteiger partial charge in [-0.2, -0.15) is 4.98 Å². The number of halogens is 1. The molecule has 0 aliphatic carbocycles. The Balaban J connectivity index is 2.41. The lowest BCUT2D eigenvalue weighted by Gasteiger charge is -2.10. The zero-order valence-corrected chi connectivity index (χ0v) is 13.1. The van der Waals surface area contributed by atoms with E-state index in [4.69, 9.17) is 31.3 Å². The number of nitrogens with zero attached hydrogens (tertiary/aromatic N) is 2. The molecule has 2 atom stereocenters. The van der Waals surface area contributed by atoms with Gasteiger partial charge in [0.1, 0.15) is 0 Å². The first-order chi connectivity index (χ1) is 9.97. The molecule has 1 aromatic carbocycles. The summed E-state index contributed by atoms with van der Waals surface area (Å²) in [7, 11) is 3.07. The highest BCUT2D eigenvalue weighted by molar-refractivity contribution is 6.32. The number of nitrogens with two attached hydrogens (primary N) is 1. The smallest absolute Gasteiger partial charge is 0.231 e. The van der Waals surface area contributed by atoms with Crippen LogP contribution in [0.15, 0.2) is 16.7 Å². The molecule has 0 aliphatic heterocycles. The Morgan fingerprint density at radius 3 is 2.52 bits per heavy atom. The summed E-state index contributed by atoms with van der Waals surface area (Å²) in [5, 5.41) is 4.38. The third kappa shape index (κ3) is 3.11. The number of hydrogen-bond acceptors (Lipinski definition) is 6. The largest absolute Gasteiger partial charge is 0.493 e. The predicted octanol–water partition coefficient (Wildman–Crippen LogP) is 2.86. The van der Waals surface area contributed by atoms with Crippen molar-refractivity contribution in [2.45, 2.75) is 25.8 Å². The number of methoxy groups -OCH3 is 2. The highest BCUT2D eigenvalue weighted by atomic mass is 35.5. The lowest BCUT2D eigenvalue weighted by molar-refractivity contribution is 0.346. The lowest BCUT2D eigenvalue weighted by atomic mass is 10.1. The average molecular weight is 312 g/mol. The highest BCUT2D eigenvalue weighted by Crippen LogP contribution is 2.38. The molecular weight excluding hydrogens is 294 g/mol. The van der Waals surface area contributed by atoms with Crippen molar-refractivity contribution < 1.29 is 14.0 Å². The summed E-state index contributed by atoms with van der Waals surface area (Å²) in [6, 6.07) is 3.37. The molecule has 0 spiro atoms. The van der Waals surface area contributed by atoms with Crippen LogP contribution in [0.4, 0.5) is 0 Å². The normalized spacial score (nSPS) is 13.8. The Morgan fingerprint density at radius 1 is 1.24 bits per heavy atom. The van der Waals surface area contributed by atoms with Crippen LogP contribution in [0.3, 0.4) is 0 Å². The molecular formula is C14H18ClN3O3. The van der Waals surface area contributed by atoms with Gasteiger partial charge < -0.3 is 19.7 Å². The molecule has 0 radical (unpaired) electrons. The summed E-state index contributed by atoms with van der Waals surface area (Å²) >= 11 is 6.17. The van der Waals surface area contributed by atoms with Crippen LogP contribution in [0.5, 0.6) is 11.5 Å². The molecule has 0 saturated heterocycles. The molecule has 21 heavy (non-hydrogen) atoms. The quantitative estimate of drug-likeness (QED) is 0.914. The van der Waals surface area contributed by atoms with Crippen molar-refractivity contribution in [3.63, 3.8) is 0 Å². The summed E-state index contributed by atoms with van der Waals surface area (Å²) in [5.74, 6) is 1.87. The van der Waals surface area contributed by atoms with Crippen molar-refractivity contribution in [1.82, 2.24) is 10.1 Å². The molecule has 1 heterocycles. The topological polar surface area (TPSA) is 83.4 Å². The Kier molecular flexibility index (Phi) is 4.69. The highest BCUT2D eigenvalue weighted by Gasteiger charge is 2.20. The Morgan fingerprint density at radius 2 is 1.95 bits per heavy atom. The van der Waals surface area contributed by atoms with E-state index in [9.17, 15) is 0 Å². The SMILES string of the molecule is COc1cc(-c2noc(C(C)C(C)N)n2)cc(Cl)c1OC. The van der Waals surface area contributed by atoms with Crippen molar-refractivity contribution in [1.29, 1.82) is 0 Å². The van der Waals surface area contributed by atoms with Crippen molar-refractivity contribution in [3.8, 4) is 22.9 Å². The maximum Gasteiger partial charge on any atom is 0.231 e. The first-order valence-electron chi connectivity index (χ1n) is 6.49. The van der Waals surface area contributed by atoms with Crippen LogP contribution in [0.25, 0.3) is 11.4 Å². The molecule has 2 rings (SSSR count). The predicted molar refractivity (Wildman–Crippen MR) is 79.9 cm³/mol. The first kappa shape index (κ1) is 15.6. The fourth-order valence-corrected chi connectivity index (χ4v) is 2.10. The summed E-state index contributed by atoms with van der Waals surface area (Å²) in [6.45, 7) is 3.82. The molecule has 0 aliphatic rings. The minimum atomic E-state index is -0.0766. The van der Waals surface area contributed by atoms with Gasteiger partial charge in [-0.3, -0.25) is 0 Å². The molecule has 2 unspecified atom stereocenters. The van der Waals surface area contributed by atoms with E-state index >= 15 is 0 Å².